The van der Waals surface area contributed by atoms with Gasteiger partial charge in [0.25, 0.3) is 5.91 Å². The first-order valence-electron chi connectivity index (χ1n) is 6.97. The number of carbonyl (C=O) groups is 1. The molecule has 1 amide bonds. The van der Waals surface area contributed by atoms with Gasteiger partial charge in [-0.2, -0.15) is 0 Å². The summed E-state index contributed by atoms with van der Waals surface area (Å²) in [6.07, 6.45) is 3.48. The number of nitrogen functional groups attached to an aromatic ring is 1. The van der Waals surface area contributed by atoms with Crippen LogP contribution in [0.25, 0.3) is 0 Å². The Morgan fingerprint density at radius 3 is 2.71 bits per heavy atom. The van der Waals surface area contributed by atoms with Crippen molar-refractivity contribution in [2.45, 2.75) is 37.8 Å². The standard InChI is InChI=1S/C12H18N4O3S2/c13-10-9(20-12(16-10)15-7-3-4-7)11(17)14-8-2-1-5-21(18,19)6-8/h7-8H,1-6,13H2,(H,14,17)(H,15,16). The highest BCUT2D eigenvalue weighted by atomic mass is 32.2. The second-order valence-corrected chi connectivity index (χ2v) is 8.81. The van der Waals surface area contributed by atoms with E-state index in [0.29, 0.717) is 28.9 Å². The lowest BCUT2D eigenvalue weighted by Crippen LogP contribution is -2.43. The van der Waals surface area contributed by atoms with Gasteiger partial charge in [-0.1, -0.05) is 11.3 Å². The van der Waals surface area contributed by atoms with Crippen molar-refractivity contribution in [2.75, 3.05) is 22.6 Å². The molecule has 0 spiro atoms. The van der Waals surface area contributed by atoms with Crippen LogP contribution in [0, 0.1) is 0 Å². The van der Waals surface area contributed by atoms with Gasteiger partial charge in [-0.3, -0.25) is 4.79 Å². The fourth-order valence-corrected chi connectivity index (χ4v) is 4.85. The van der Waals surface area contributed by atoms with Crippen LogP contribution in [0.4, 0.5) is 10.9 Å². The van der Waals surface area contributed by atoms with Crippen molar-refractivity contribution in [1.82, 2.24) is 10.3 Å². The summed E-state index contributed by atoms with van der Waals surface area (Å²) in [4.78, 5) is 16.7. The number of amides is 1. The number of hydrogen-bond donors (Lipinski definition) is 3. The Labute approximate surface area is 127 Å². The van der Waals surface area contributed by atoms with Crippen molar-refractivity contribution < 1.29 is 13.2 Å². The molecule has 116 valence electrons. The van der Waals surface area contributed by atoms with E-state index in [2.05, 4.69) is 15.6 Å². The van der Waals surface area contributed by atoms with Crippen LogP contribution in [0.15, 0.2) is 0 Å². The summed E-state index contributed by atoms with van der Waals surface area (Å²) in [6.45, 7) is 0. The normalized spacial score (nSPS) is 24.5. The lowest BCUT2D eigenvalue weighted by atomic mass is 10.2. The van der Waals surface area contributed by atoms with E-state index in [0.717, 1.165) is 12.8 Å². The molecule has 21 heavy (non-hydrogen) atoms. The minimum atomic E-state index is -3.04. The fourth-order valence-electron chi connectivity index (χ4n) is 2.35. The van der Waals surface area contributed by atoms with Gasteiger partial charge in [0.05, 0.1) is 11.5 Å². The van der Waals surface area contributed by atoms with Crippen LogP contribution in [0.1, 0.15) is 35.4 Å². The molecule has 2 heterocycles. The van der Waals surface area contributed by atoms with Crippen LogP contribution < -0.4 is 16.4 Å². The van der Waals surface area contributed by atoms with E-state index in [-0.39, 0.29) is 29.3 Å². The van der Waals surface area contributed by atoms with Gasteiger partial charge < -0.3 is 16.4 Å². The minimum absolute atomic E-state index is 0.00459. The molecular formula is C12H18N4O3S2. The Hall–Kier alpha value is -1.35. The average Bonchev–Trinajstić information content (AvgIpc) is 3.10. The van der Waals surface area contributed by atoms with Crippen LogP contribution in [0.2, 0.25) is 0 Å². The lowest BCUT2D eigenvalue weighted by molar-refractivity contribution is 0.0943. The third-order valence-corrected chi connectivity index (χ3v) is 6.38. The summed E-state index contributed by atoms with van der Waals surface area (Å²) in [7, 11) is -3.04. The van der Waals surface area contributed by atoms with E-state index in [1.54, 1.807) is 0 Å². The highest BCUT2D eigenvalue weighted by Crippen LogP contribution is 2.30. The zero-order chi connectivity index (χ0) is 15.0. The number of nitrogens with two attached hydrogens (primary N) is 1. The van der Waals surface area contributed by atoms with E-state index in [4.69, 9.17) is 5.73 Å². The molecule has 9 heteroatoms. The second kappa shape index (κ2) is 5.45. The van der Waals surface area contributed by atoms with Crippen molar-refractivity contribution in [3.05, 3.63) is 4.88 Å². The summed E-state index contributed by atoms with van der Waals surface area (Å²) in [6, 6.07) is 0.104. The van der Waals surface area contributed by atoms with Crippen LogP contribution in [-0.4, -0.2) is 42.9 Å². The van der Waals surface area contributed by atoms with Gasteiger partial charge in [0.15, 0.2) is 15.0 Å². The molecule has 7 nitrogen and oxygen atoms in total. The van der Waals surface area contributed by atoms with E-state index in [1.165, 1.54) is 11.3 Å². The molecule has 2 aliphatic rings. The quantitative estimate of drug-likeness (QED) is 0.745. The Morgan fingerprint density at radius 1 is 1.29 bits per heavy atom. The summed E-state index contributed by atoms with van der Waals surface area (Å²) in [5.74, 6) is 0.0672. The number of hydrogen-bond acceptors (Lipinski definition) is 7. The Morgan fingerprint density at radius 2 is 2.05 bits per heavy atom. The number of sulfone groups is 1. The van der Waals surface area contributed by atoms with Gasteiger partial charge in [0.1, 0.15) is 10.7 Å². The second-order valence-electron chi connectivity index (χ2n) is 5.58. The van der Waals surface area contributed by atoms with E-state index in [1.807, 2.05) is 0 Å². The zero-order valence-corrected chi connectivity index (χ0v) is 13.1. The van der Waals surface area contributed by atoms with Crippen molar-refractivity contribution in [1.29, 1.82) is 0 Å². The number of nitrogens with zero attached hydrogens (tertiary/aromatic N) is 1. The molecule has 1 aromatic rings. The van der Waals surface area contributed by atoms with Crippen LogP contribution in [0.5, 0.6) is 0 Å². The third-order valence-electron chi connectivity index (χ3n) is 3.56. The summed E-state index contributed by atoms with van der Waals surface area (Å²) in [5, 5.41) is 6.61. The first-order chi connectivity index (χ1) is 9.93. The summed E-state index contributed by atoms with van der Waals surface area (Å²) >= 11 is 1.22. The molecule has 3 rings (SSSR count). The van der Waals surface area contributed by atoms with Crippen LogP contribution in [-0.2, 0) is 9.84 Å². The topological polar surface area (TPSA) is 114 Å². The first-order valence-corrected chi connectivity index (χ1v) is 9.61. The SMILES string of the molecule is Nc1nc(NC2CC2)sc1C(=O)NC1CCCS(=O)(=O)C1. The highest BCUT2D eigenvalue weighted by molar-refractivity contribution is 7.91. The number of thiazole rings is 1. The maximum Gasteiger partial charge on any atom is 0.265 e. The molecule has 1 atom stereocenters. The van der Waals surface area contributed by atoms with Gasteiger partial charge in [0, 0.05) is 12.1 Å². The van der Waals surface area contributed by atoms with E-state index in [9.17, 15) is 13.2 Å². The number of anilines is 2. The van der Waals surface area contributed by atoms with Gasteiger partial charge in [0.2, 0.25) is 0 Å². The van der Waals surface area contributed by atoms with Crippen molar-refractivity contribution in [2.24, 2.45) is 0 Å². The number of rotatable bonds is 4. The molecule has 0 bridgehead atoms. The van der Waals surface area contributed by atoms with Crippen molar-refractivity contribution in [3.63, 3.8) is 0 Å². The fraction of sp³-hybridized carbons (Fsp3) is 0.667. The number of nitrogens with one attached hydrogen (secondary N) is 2. The van der Waals surface area contributed by atoms with Crippen molar-refractivity contribution >= 4 is 38.0 Å². The molecule has 0 radical (unpaired) electrons. The van der Waals surface area contributed by atoms with Gasteiger partial charge in [-0.15, -0.1) is 0 Å². The van der Waals surface area contributed by atoms with Gasteiger partial charge in [-0.05, 0) is 25.7 Å². The molecular weight excluding hydrogens is 312 g/mol. The monoisotopic (exact) mass is 330 g/mol. The largest absolute Gasteiger partial charge is 0.382 e. The molecule has 1 saturated carbocycles. The van der Waals surface area contributed by atoms with E-state index < -0.39 is 9.84 Å². The predicted octanol–water partition coefficient (Wildman–Crippen LogP) is 0.607. The zero-order valence-electron chi connectivity index (χ0n) is 11.5. The first kappa shape index (κ1) is 14.6. The predicted molar refractivity (Wildman–Crippen MR) is 82.3 cm³/mol. The van der Waals surface area contributed by atoms with E-state index >= 15 is 0 Å². The summed E-state index contributed by atoms with van der Waals surface area (Å²) in [5.41, 5.74) is 5.78. The van der Waals surface area contributed by atoms with Gasteiger partial charge in [-0.25, -0.2) is 13.4 Å². The molecule has 1 unspecified atom stereocenters. The maximum atomic E-state index is 12.2. The molecule has 2 fully saturated rings. The number of aromatic nitrogens is 1. The number of carbonyl (C=O) groups excluding carboxylic acids is 1. The van der Waals surface area contributed by atoms with Crippen LogP contribution >= 0.6 is 11.3 Å². The maximum absolute atomic E-state index is 12.2. The Balaban J connectivity index is 1.65. The smallest absolute Gasteiger partial charge is 0.265 e. The Kier molecular flexibility index (Phi) is 3.78. The molecule has 1 aliphatic carbocycles. The molecule has 1 saturated heterocycles. The summed E-state index contributed by atoms with van der Waals surface area (Å²) < 4.78 is 23.2. The highest BCUT2D eigenvalue weighted by Gasteiger charge is 2.28. The van der Waals surface area contributed by atoms with Crippen LogP contribution in [0.3, 0.4) is 0 Å². The average molecular weight is 330 g/mol. The van der Waals surface area contributed by atoms with Crippen molar-refractivity contribution in [3.8, 4) is 0 Å². The third kappa shape index (κ3) is 3.65. The lowest BCUT2D eigenvalue weighted by Gasteiger charge is -2.22. The Bertz CT molecular complexity index is 651. The minimum Gasteiger partial charge on any atom is -0.382 e. The molecule has 1 aliphatic heterocycles. The molecule has 0 aromatic carbocycles. The molecule has 1 aromatic heterocycles. The molecule has 4 N–H and O–H groups in total. The van der Waals surface area contributed by atoms with Gasteiger partial charge >= 0.3 is 0 Å².